The molecule has 84 heavy (non-hydrogen) atoms. The van der Waals surface area contributed by atoms with Crippen molar-refractivity contribution in [3.05, 3.63) is 30.0 Å². The number of aromatic nitrogens is 2. The molecule has 1 aliphatic heterocycles. The maximum absolute atomic E-state index is 14.5. The molecule has 27 N–H and O–H groups in total. The molecule has 472 valence electrons. The highest BCUT2D eigenvalue weighted by molar-refractivity contribution is 6.40. The third-order valence-corrected chi connectivity index (χ3v) is 13.2. The van der Waals surface area contributed by atoms with Crippen molar-refractivity contribution in [2.75, 3.05) is 65.4 Å². The van der Waals surface area contributed by atoms with E-state index in [1.807, 2.05) is 0 Å². The van der Waals surface area contributed by atoms with Crippen LogP contribution in [0.5, 0.6) is 0 Å². The van der Waals surface area contributed by atoms with Crippen LogP contribution in [0.2, 0.25) is 0 Å². The molecule has 0 unspecified atom stereocenters. The summed E-state index contributed by atoms with van der Waals surface area (Å²) < 4.78 is 0. The average molecular weight is 1190 g/mol. The number of guanidine groups is 1. The summed E-state index contributed by atoms with van der Waals surface area (Å²) in [6, 6.07) is -8.10. The van der Waals surface area contributed by atoms with Gasteiger partial charge in [0.2, 0.25) is 41.4 Å². The number of imidazole rings is 1. The number of rotatable bonds is 42. The molecular weight excluding hydrogens is 1090 g/mol. The van der Waals surface area contributed by atoms with Crippen molar-refractivity contribution in [3.63, 3.8) is 0 Å². The first-order valence-corrected chi connectivity index (χ1v) is 28.7. The van der Waals surface area contributed by atoms with Crippen LogP contribution in [0, 0.1) is 0 Å². The minimum atomic E-state index is -1.38. The van der Waals surface area contributed by atoms with Crippen LogP contribution in [0.25, 0.3) is 0 Å². The number of unbranched alkanes of at least 4 members (excludes halogenated alkanes) is 3. The van der Waals surface area contributed by atoms with Gasteiger partial charge in [-0.05, 0) is 149 Å². The highest BCUT2D eigenvalue weighted by atomic mass is 16.2. The van der Waals surface area contributed by atoms with Crippen LogP contribution in [0.1, 0.15) is 115 Å². The quantitative estimate of drug-likeness (QED) is 0.0125. The molecule has 0 aliphatic carbocycles. The summed E-state index contributed by atoms with van der Waals surface area (Å²) >= 11 is 0. The van der Waals surface area contributed by atoms with Gasteiger partial charge in [0.05, 0.1) is 18.9 Å². The molecular formula is C52H94N22O10. The van der Waals surface area contributed by atoms with E-state index in [-0.39, 0.29) is 108 Å². The third kappa shape index (κ3) is 27.7. The lowest BCUT2D eigenvalue weighted by Crippen LogP contribution is -2.57. The number of amides is 10. The van der Waals surface area contributed by atoms with Gasteiger partial charge >= 0.3 is 0 Å². The van der Waals surface area contributed by atoms with Crippen LogP contribution in [-0.4, -0.2) is 193 Å². The Kier molecular flexibility index (Phi) is 35.9. The van der Waals surface area contributed by atoms with E-state index in [9.17, 15) is 47.9 Å². The van der Waals surface area contributed by atoms with E-state index < -0.39 is 108 Å². The smallest absolute Gasteiger partial charge is 0.269 e. The molecule has 0 saturated carbocycles. The fourth-order valence-electron chi connectivity index (χ4n) is 8.55. The Labute approximate surface area is 490 Å². The molecule has 1 aromatic rings. The van der Waals surface area contributed by atoms with E-state index in [0.29, 0.717) is 83.2 Å². The number of nitrogens with one attached hydrogen (secondary N) is 9. The zero-order valence-electron chi connectivity index (χ0n) is 48.4. The Morgan fingerprint density at radius 3 is 1.92 bits per heavy atom. The molecule has 1 fully saturated rings. The molecule has 10 amide bonds. The first-order chi connectivity index (χ1) is 40.2. The Bertz CT molecular complexity index is 2350. The molecule has 32 nitrogen and oxygen atoms in total. The fourth-order valence-corrected chi connectivity index (χ4v) is 8.55. The van der Waals surface area contributed by atoms with Crippen molar-refractivity contribution >= 4 is 70.7 Å². The highest BCUT2D eigenvalue weighted by Gasteiger charge is 2.39. The second-order valence-electron chi connectivity index (χ2n) is 20.1. The Hall–Kier alpha value is -7.49. The van der Waals surface area contributed by atoms with Crippen LogP contribution < -0.4 is 94.1 Å². The van der Waals surface area contributed by atoms with Crippen LogP contribution in [0.15, 0.2) is 34.3 Å². The number of nitrogens with zero attached hydrogens (tertiary/aromatic N) is 4. The van der Waals surface area contributed by atoms with E-state index >= 15 is 0 Å². The van der Waals surface area contributed by atoms with Gasteiger partial charge in [0.25, 0.3) is 17.7 Å². The van der Waals surface area contributed by atoms with Gasteiger partial charge in [-0.3, -0.25) is 52.9 Å². The summed E-state index contributed by atoms with van der Waals surface area (Å²) in [4.78, 5) is 153. The third-order valence-electron chi connectivity index (χ3n) is 13.2. The summed E-state index contributed by atoms with van der Waals surface area (Å²) in [7, 11) is 0. The van der Waals surface area contributed by atoms with Gasteiger partial charge in [0.15, 0.2) is 5.96 Å². The second kappa shape index (κ2) is 41.5. The normalized spacial score (nSPS) is 15.5. The van der Waals surface area contributed by atoms with E-state index in [1.54, 1.807) is 0 Å². The first-order valence-electron chi connectivity index (χ1n) is 28.7. The van der Waals surface area contributed by atoms with Crippen molar-refractivity contribution in [1.29, 1.82) is 0 Å². The van der Waals surface area contributed by atoms with Gasteiger partial charge in [-0.15, -0.1) is 0 Å². The molecule has 2 rings (SSSR count). The Morgan fingerprint density at radius 2 is 1.30 bits per heavy atom. The molecule has 1 saturated heterocycles. The van der Waals surface area contributed by atoms with Gasteiger partial charge < -0.3 is 104 Å². The van der Waals surface area contributed by atoms with Gasteiger partial charge in [-0.25, -0.2) is 9.98 Å². The Morgan fingerprint density at radius 1 is 0.679 bits per heavy atom. The molecule has 2 heterocycles. The average Bonchev–Trinajstić information content (AvgIpc) is 4.41. The number of aromatic amines is 1. The van der Waals surface area contributed by atoms with Crippen molar-refractivity contribution in [1.82, 2.24) is 57.4 Å². The van der Waals surface area contributed by atoms with Gasteiger partial charge in [0, 0.05) is 37.9 Å². The van der Waals surface area contributed by atoms with E-state index in [2.05, 4.69) is 62.5 Å². The van der Waals surface area contributed by atoms with E-state index in [0.717, 1.165) is 0 Å². The van der Waals surface area contributed by atoms with Crippen molar-refractivity contribution in [2.24, 2.45) is 61.6 Å². The minimum Gasteiger partial charge on any atom is -0.370 e. The lowest BCUT2D eigenvalue weighted by Gasteiger charge is -2.28. The number of aliphatic imine (C=N–C) groups is 2. The minimum absolute atomic E-state index is 0.0237. The van der Waals surface area contributed by atoms with E-state index in [1.165, 1.54) is 30.4 Å². The molecule has 0 radical (unpaired) electrons. The lowest BCUT2D eigenvalue weighted by molar-refractivity contribution is -0.136. The zero-order chi connectivity index (χ0) is 62.4. The first kappa shape index (κ1) is 72.6. The number of nitrogens with two attached hydrogens (primary N) is 9. The summed E-state index contributed by atoms with van der Waals surface area (Å²) in [5.41, 5.74) is 50.9. The predicted octanol–water partition coefficient (Wildman–Crippen LogP) is -6.60. The summed E-state index contributed by atoms with van der Waals surface area (Å²) in [6.07, 6.45) is 8.98. The van der Waals surface area contributed by atoms with Crippen LogP contribution >= 0.6 is 0 Å². The molecule has 1 aromatic heterocycles. The largest absolute Gasteiger partial charge is 0.370 e. The van der Waals surface area contributed by atoms with Gasteiger partial charge in [0.1, 0.15) is 47.7 Å². The lowest BCUT2D eigenvalue weighted by atomic mass is 10.1. The van der Waals surface area contributed by atoms with Crippen molar-refractivity contribution < 1.29 is 47.9 Å². The molecule has 0 bridgehead atoms. The Balaban J connectivity index is 2.37. The zero-order valence-corrected chi connectivity index (χ0v) is 48.4. The molecule has 0 spiro atoms. The van der Waals surface area contributed by atoms with Crippen LogP contribution in [0.3, 0.4) is 0 Å². The number of hydrogen-bond acceptors (Lipinski definition) is 19. The highest BCUT2D eigenvalue weighted by Crippen LogP contribution is 2.20. The fraction of sp³-hybridized carbons (Fsp3) is 0.673. The monoisotopic (exact) mass is 1190 g/mol. The molecule has 32 heteroatoms. The van der Waals surface area contributed by atoms with E-state index in [4.69, 9.17) is 51.6 Å². The maximum Gasteiger partial charge on any atom is 0.269 e. The maximum atomic E-state index is 14.5. The second-order valence-corrected chi connectivity index (χ2v) is 20.1. The molecule has 1 aliphatic rings. The van der Waals surface area contributed by atoms with Crippen molar-refractivity contribution in [3.8, 4) is 0 Å². The topological polar surface area (TPSA) is 558 Å². The SMILES string of the molecule is C[C@H](NC(=O)[C@H](CCN)NC(=O)[C@@H](N)CCCN)C(=O)NCC(=O)N=C(CCCN)C(=O)N1CCC[C@H]1C(=O)N[C@@H](Cc1cnc[nH]1)C(=O)N[C@@H](CCCCN)C(=O)N/C(=C\CCN=C(N)N)C(=O)N[C@@H](CCCCN)C(=O)NCCCCN. The van der Waals surface area contributed by atoms with Crippen molar-refractivity contribution in [2.45, 2.75) is 158 Å². The standard InChI is InChI=1S/C52H94N22O10/c1-32(67-46(79)38(18-24-58)69-44(77)34(59)12-8-22-56)43(76)65-30-42(75)68-39(15-9-23-57)51(84)74-27-11-17-41(74)50(83)73-40(28-33-29-62-31-66-33)49(82)72-36(14-3-5-20-54)47(80)71-37(16-10-26-64-52(60)61)48(81)70-35(13-2-4-19-53)45(78)63-25-7-6-21-55/h16,29,31-32,34-36,38,40-41H,2-15,17-28,30,53-59H2,1H3,(H,62,66)(H,63,78)(H,65,76)(H,67,79)(H,69,77)(H,70,81)(H,71,80)(H,72,82)(H,73,83)(H4,60,61,64)/b37-16-,68-39?/t32-,34-,35-,36-,38-,40-,41-/m0/s1. The number of hydrogen-bond donors (Lipinski definition) is 18. The number of likely N-dealkylation sites (tertiary alicyclic amines) is 1. The van der Waals surface area contributed by atoms with Crippen LogP contribution in [-0.2, 0) is 54.4 Å². The summed E-state index contributed by atoms with van der Waals surface area (Å²) in [5, 5.41) is 21.0. The number of H-pyrrole nitrogens is 1. The number of carbonyl (C=O) groups is 10. The summed E-state index contributed by atoms with van der Waals surface area (Å²) in [6.45, 7) is 2.59. The number of carbonyl (C=O) groups excluding carboxylic acids is 10. The summed E-state index contributed by atoms with van der Waals surface area (Å²) in [5.74, 6) is -7.65. The van der Waals surface area contributed by atoms with Gasteiger partial charge in [-0.2, -0.15) is 0 Å². The van der Waals surface area contributed by atoms with Gasteiger partial charge in [-0.1, -0.05) is 6.08 Å². The predicted molar refractivity (Wildman–Crippen MR) is 315 cm³/mol. The van der Waals surface area contributed by atoms with Crippen LogP contribution in [0.4, 0.5) is 0 Å². The molecule has 0 aromatic carbocycles. The molecule has 7 atom stereocenters.